The van der Waals surface area contributed by atoms with Gasteiger partial charge in [0.15, 0.2) is 0 Å². The number of halogens is 1. The Hall–Kier alpha value is -2.10. The summed E-state index contributed by atoms with van der Waals surface area (Å²) in [5.74, 6) is 0.0840. The van der Waals surface area contributed by atoms with Gasteiger partial charge in [-0.2, -0.15) is 0 Å². The average molecular weight is 468 g/mol. The van der Waals surface area contributed by atoms with Crippen LogP contribution < -0.4 is 5.73 Å². The lowest BCUT2D eigenvalue weighted by molar-refractivity contribution is 0.0232. The monoisotopic (exact) mass is 468 g/mol. The van der Waals surface area contributed by atoms with Gasteiger partial charge in [-0.15, -0.1) is 0 Å². The maximum atomic E-state index is 12.9. The lowest BCUT2D eigenvalue weighted by atomic mass is 10.1. The van der Waals surface area contributed by atoms with E-state index in [-0.39, 0.29) is 5.91 Å². The van der Waals surface area contributed by atoms with Crippen LogP contribution in [0.1, 0.15) is 36.8 Å². The van der Waals surface area contributed by atoms with Gasteiger partial charge in [0.2, 0.25) is 0 Å². The molecule has 3 heterocycles. The summed E-state index contributed by atoms with van der Waals surface area (Å²) >= 11 is 2.19. The average Bonchev–Trinajstić information content (AvgIpc) is 2.86. The predicted molar refractivity (Wildman–Crippen MR) is 107 cm³/mol. The van der Waals surface area contributed by atoms with E-state index in [4.69, 9.17) is 10.5 Å². The van der Waals surface area contributed by atoms with Crippen LogP contribution in [0.25, 0.3) is 11.3 Å². The van der Waals surface area contributed by atoms with Crippen molar-refractivity contribution in [3.8, 4) is 11.3 Å². The molecule has 1 aliphatic heterocycles. The summed E-state index contributed by atoms with van der Waals surface area (Å²) in [5, 5.41) is 0. The Kier molecular flexibility index (Phi) is 4.72. The highest BCUT2D eigenvalue weighted by Gasteiger charge is 2.34. The summed E-state index contributed by atoms with van der Waals surface area (Å²) in [6.07, 6.45) is 1.67. The number of rotatable bonds is 1. The molecule has 0 aromatic carbocycles. The number of amides is 2. The van der Waals surface area contributed by atoms with Crippen LogP contribution in [0.5, 0.6) is 0 Å². The smallest absolute Gasteiger partial charge is 0.417 e. The largest absolute Gasteiger partial charge is 0.443 e. The van der Waals surface area contributed by atoms with Crippen LogP contribution in [0, 0.1) is 3.57 Å². The van der Waals surface area contributed by atoms with E-state index in [2.05, 4.69) is 27.6 Å². The summed E-state index contributed by atoms with van der Waals surface area (Å²) in [6, 6.07) is 3.60. The zero-order valence-corrected chi connectivity index (χ0v) is 17.3. The Morgan fingerprint density at radius 2 is 2.00 bits per heavy atom. The van der Waals surface area contributed by atoms with E-state index in [0.29, 0.717) is 24.3 Å². The van der Waals surface area contributed by atoms with Crippen LogP contribution in [-0.4, -0.2) is 38.6 Å². The summed E-state index contributed by atoms with van der Waals surface area (Å²) < 4.78 is 8.27. The maximum absolute atomic E-state index is 12.9. The van der Waals surface area contributed by atoms with E-state index in [1.807, 2.05) is 17.7 Å². The van der Waals surface area contributed by atoms with E-state index in [9.17, 15) is 9.59 Å². The highest BCUT2D eigenvalue weighted by atomic mass is 127. The van der Waals surface area contributed by atoms with Crippen LogP contribution in [0.2, 0.25) is 0 Å². The van der Waals surface area contributed by atoms with Crippen molar-refractivity contribution < 1.29 is 14.3 Å². The standard InChI is InChI=1S/C18H21IN4O3/c1-18(2,3)26-17(25)23-6-5-13-11(16(23)24)7-14(22(13)4)10-8-15(20)21-9-12(10)19/h7-9H,5-6H2,1-4H3,(H2,20,21). The number of ether oxygens (including phenoxy) is 1. The fourth-order valence-corrected chi connectivity index (χ4v) is 3.57. The van der Waals surface area contributed by atoms with E-state index in [1.54, 1.807) is 33.0 Å². The minimum absolute atomic E-state index is 0.299. The van der Waals surface area contributed by atoms with Crippen molar-refractivity contribution in [1.29, 1.82) is 0 Å². The van der Waals surface area contributed by atoms with Gasteiger partial charge in [0.25, 0.3) is 5.91 Å². The normalized spacial score (nSPS) is 14.3. The number of carbonyl (C=O) groups is 2. The van der Waals surface area contributed by atoms with Crippen molar-refractivity contribution in [2.45, 2.75) is 32.8 Å². The summed E-state index contributed by atoms with van der Waals surface area (Å²) in [5.41, 5.74) is 8.37. The molecule has 0 saturated heterocycles. The van der Waals surface area contributed by atoms with Gasteiger partial charge in [-0.1, -0.05) is 0 Å². The Morgan fingerprint density at radius 1 is 1.31 bits per heavy atom. The first kappa shape index (κ1) is 18.7. The molecule has 8 heteroatoms. The third-order valence-corrected chi connectivity index (χ3v) is 5.03. The van der Waals surface area contributed by atoms with E-state index >= 15 is 0 Å². The Bertz CT molecular complexity index is 899. The molecule has 2 aromatic heterocycles. The molecule has 0 aliphatic carbocycles. The van der Waals surface area contributed by atoms with Gasteiger partial charge in [0.05, 0.1) is 11.3 Å². The fourth-order valence-electron chi connectivity index (χ4n) is 3.00. The first-order valence-electron chi connectivity index (χ1n) is 8.23. The Balaban J connectivity index is 1.99. The predicted octanol–water partition coefficient (Wildman–Crippen LogP) is 3.21. The molecule has 0 atom stereocenters. The maximum Gasteiger partial charge on any atom is 0.417 e. The molecule has 0 unspecified atom stereocenters. The third-order valence-electron chi connectivity index (χ3n) is 4.17. The lowest BCUT2D eigenvalue weighted by Crippen LogP contribution is -2.44. The number of imide groups is 1. The molecule has 26 heavy (non-hydrogen) atoms. The minimum Gasteiger partial charge on any atom is -0.443 e. The van der Waals surface area contributed by atoms with Crippen LogP contribution in [0.3, 0.4) is 0 Å². The lowest BCUT2D eigenvalue weighted by Gasteiger charge is -2.28. The number of anilines is 1. The van der Waals surface area contributed by atoms with Gasteiger partial charge < -0.3 is 15.0 Å². The molecule has 1 aliphatic rings. The zero-order valence-electron chi connectivity index (χ0n) is 15.2. The second-order valence-electron chi connectivity index (χ2n) is 7.23. The number of pyridine rings is 1. The van der Waals surface area contributed by atoms with Gasteiger partial charge in [0.1, 0.15) is 11.4 Å². The summed E-state index contributed by atoms with van der Waals surface area (Å²) in [4.78, 5) is 30.5. The number of carbonyl (C=O) groups excluding carboxylic acids is 2. The van der Waals surface area contributed by atoms with Gasteiger partial charge >= 0.3 is 6.09 Å². The highest BCUT2D eigenvalue weighted by molar-refractivity contribution is 14.1. The highest BCUT2D eigenvalue weighted by Crippen LogP contribution is 2.32. The molecule has 0 radical (unpaired) electrons. The number of nitrogens with two attached hydrogens (primary N) is 1. The topological polar surface area (TPSA) is 90.5 Å². The molecule has 138 valence electrons. The number of fused-ring (bicyclic) bond motifs is 1. The molecule has 7 nitrogen and oxygen atoms in total. The van der Waals surface area contributed by atoms with E-state index in [1.165, 1.54) is 4.90 Å². The Labute approximate surface area is 165 Å². The van der Waals surface area contributed by atoms with Crippen molar-refractivity contribution in [3.05, 3.63) is 33.2 Å². The molecule has 0 bridgehead atoms. The van der Waals surface area contributed by atoms with Crippen molar-refractivity contribution in [3.63, 3.8) is 0 Å². The van der Waals surface area contributed by atoms with E-state index < -0.39 is 11.7 Å². The second kappa shape index (κ2) is 6.57. The molecule has 2 amide bonds. The van der Waals surface area contributed by atoms with Crippen LogP contribution >= 0.6 is 22.6 Å². The number of hydrogen-bond acceptors (Lipinski definition) is 5. The molecule has 2 N–H and O–H groups in total. The third kappa shape index (κ3) is 3.42. The molecule has 0 saturated carbocycles. The van der Waals surface area contributed by atoms with Crippen molar-refractivity contribution in [2.24, 2.45) is 7.05 Å². The molecule has 0 spiro atoms. The first-order valence-corrected chi connectivity index (χ1v) is 9.31. The summed E-state index contributed by atoms with van der Waals surface area (Å²) in [6.45, 7) is 5.64. The molecular formula is C18H21IN4O3. The van der Waals surface area contributed by atoms with Crippen LogP contribution in [-0.2, 0) is 18.2 Å². The number of nitrogen functional groups attached to an aromatic ring is 1. The number of nitrogens with zero attached hydrogens (tertiary/aromatic N) is 3. The molecule has 2 aromatic rings. The van der Waals surface area contributed by atoms with Crippen LogP contribution in [0.4, 0.5) is 10.6 Å². The molecule has 3 rings (SSSR count). The van der Waals surface area contributed by atoms with Crippen molar-refractivity contribution in [1.82, 2.24) is 14.5 Å². The zero-order chi connectivity index (χ0) is 19.2. The molecule has 0 fully saturated rings. The Morgan fingerprint density at radius 3 is 2.65 bits per heavy atom. The van der Waals surface area contributed by atoms with Crippen molar-refractivity contribution >= 4 is 40.4 Å². The van der Waals surface area contributed by atoms with E-state index in [0.717, 1.165) is 20.5 Å². The summed E-state index contributed by atoms with van der Waals surface area (Å²) in [7, 11) is 1.91. The SMILES string of the molecule is Cn1c(-c2cc(N)ncc2I)cc2c1CCN(C(=O)OC(C)(C)C)C2=O. The van der Waals surface area contributed by atoms with Crippen molar-refractivity contribution in [2.75, 3.05) is 12.3 Å². The van der Waals surface area contributed by atoms with Crippen LogP contribution in [0.15, 0.2) is 18.3 Å². The second-order valence-corrected chi connectivity index (χ2v) is 8.39. The van der Waals surface area contributed by atoms with Gasteiger partial charge in [-0.3, -0.25) is 4.79 Å². The number of aromatic nitrogens is 2. The minimum atomic E-state index is -0.649. The fraction of sp³-hybridized carbons (Fsp3) is 0.389. The van der Waals surface area contributed by atoms with Gasteiger partial charge in [-0.05, 0) is 55.5 Å². The van der Waals surface area contributed by atoms with Gasteiger partial charge in [-0.25, -0.2) is 14.7 Å². The first-order chi connectivity index (χ1) is 12.1. The van der Waals surface area contributed by atoms with Gasteiger partial charge in [0, 0.05) is 41.0 Å². The molecular weight excluding hydrogens is 447 g/mol. The quantitative estimate of drug-likeness (QED) is 0.650. The number of hydrogen-bond donors (Lipinski definition) is 1.